The molecular weight excluding hydrogens is 509 g/mol. The lowest BCUT2D eigenvalue weighted by molar-refractivity contribution is 0.161. The minimum atomic E-state index is -4.46. The first-order chi connectivity index (χ1) is 18.3. The average molecular weight is 538 g/mol. The van der Waals surface area contributed by atoms with Crippen molar-refractivity contribution in [2.24, 2.45) is 0 Å². The zero-order valence-electron chi connectivity index (χ0n) is 21.0. The molecule has 8 nitrogen and oxygen atoms in total. The fourth-order valence-corrected chi connectivity index (χ4v) is 5.61. The Morgan fingerprint density at radius 3 is 2.32 bits per heavy atom. The zero-order valence-corrected chi connectivity index (χ0v) is 21.9. The maximum atomic E-state index is 13.7. The molecule has 1 N–H and O–H groups in total. The smallest absolute Gasteiger partial charge is 0.296 e. The molecule has 0 aliphatic rings. The highest BCUT2D eigenvalue weighted by Gasteiger charge is 2.32. The lowest BCUT2D eigenvalue weighted by Gasteiger charge is -2.25. The van der Waals surface area contributed by atoms with Crippen LogP contribution in [0, 0.1) is 5.95 Å². The highest BCUT2D eigenvalue weighted by atomic mass is 32.2. The third kappa shape index (κ3) is 5.51. The Morgan fingerprint density at radius 1 is 1.03 bits per heavy atom. The van der Waals surface area contributed by atoms with E-state index in [1.807, 2.05) is 37.3 Å². The first-order valence-corrected chi connectivity index (χ1v) is 13.6. The van der Waals surface area contributed by atoms with Gasteiger partial charge in [0.2, 0.25) is 21.7 Å². The van der Waals surface area contributed by atoms with E-state index in [0.29, 0.717) is 24.0 Å². The van der Waals surface area contributed by atoms with Gasteiger partial charge in [0.05, 0.1) is 17.5 Å². The summed E-state index contributed by atoms with van der Waals surface area (Å²) in [5.74, 6) is -1.04. The van der Waals surface area contributed by atoms with Crippen molar-refractivity contribution in [1.29, 1.82) is 0 Å². The molecule has 38 heavy (non-hydrogen) atoms. The van der Waals surface area contributed by atoms with Crippen molar-refractivity contribution in [2.45, 2.75) is 42.0 Å². The predicted octanol–water partition coefficient (Wildman–Crippen LogP) is 4.56. The minimum absolute atomic E-state index is 0.112. The van der Waals surface area contributed by atoms with Crippen LogP contribution in [-0.2, 0) is 21.0 Å². The van der Waals surface area contributed by atoms with Gasteiger partial charge in [-0.25, -0.2) is 13.4 Å². The van der Waals surface area contributed by atoms with Gasteiger partial charge in [0, 0.05) is 25.3 Å². The quantitative estimate of drug-likeness (QED) is 0.295. The largest absolute Gasteiger partial charge is 0.493 e. The highest BCUT2D eigenvalue weighted by molar-refractivity contribution is 7.91. The average Bonchev–Trinajstić information content (AvgIpc) is 2.92. The normalized spacial score (nSPS) is 12.4. The first kappa shape index (κ1) is 27.2. The summed E-state index contributed by atoms with van der Waals surface area (Å²) in [7, 11) is -2.95. The summed E-state index contributed by atoms with van der Waals surface area (Å²) in [4.78, 5) is 19.8. The Bertz CT molecular complexity index is 1560. The molecule has 0 saturated carbocycles. The summed E-state index contributed by atoms with van der Waals surface area (Å²) in [6, 6.07) is 17.0. The second-order valence-electron chi connectivity index (χ2n) is 8.74. The molecular formula is C28H28FN3O5S. The van der Waals surface area contributed by atoms with Gasteiger partial charge in [-0.05, 0) is 41.8 Å². The van der Waals surface area contributed by atoms with Gasteiger partial charge in [0.25, 0.3) is 5.56 Å². The molecule has 2 aromatic carbocycles. The van der Waals surface area contributed by atoms with Crippen LogP contribution < -0.4 is 5.56 Å². The molecule has 0 spiro atoms. The van der Waals surface area contributed by atoms with Gasteiger partial charge in [0.1, 0.15) is 5.82 Å². The number of pyridine rings is 1. The third-order valence-electron chi connectivity index (χ3n) is 6.20. The number of hydrogen-bond acceptors (Lipinski definition) is 7. The number of aryl methyl sites for hydroxylation is 1. The molecule has 2 heterocycles. The van der Waals surface area contributed by atoms with E-state index in [2.05, 4.69) is 9.97 Å². The molecule has 4 aromatic rings. The predicted molar refractivity (Wildman–Crippen MR) is 140 cm³/mol. The summed E-state index contributed by atoms with van der Waals surface area (Å²) >= 11 is 0. The molecule has 1 unspecified atom stereocenters. The van der Waals surface area contributed by atoms with E-state index in [9.17, 15) is 22.7 Å². The minimum Gasteiger partial charge on any atom is -0.493 e. The third-order valence-corrected chi connectivity index (χ3v) is 7.99. The number of nitrogens with zero attached hydrogens (tertiary/aromatic N) is 3. The van der Waals surface area contributed by atoms with Crippen LogP contribution in [-0.4, -0.2) is 41.8 Å². The number of methoxy groups -OCH3 is 1. The number of halogens is 1. The van der Waals surface area contributed by atoms with E-state index in [-0.39, 0.29) is 17.3 Å². The van der Waals surface area contributed by atoms with Crippen LogP contribution in [0.1, 0.15) is 37.2 Å². The van der Waals surface area contributed by atoms with E-state index < -0.39 is 38.2 Å². The summed E-state index contributed by atoms with van der Waals surface area (Å²) in [5.41, 5.74) is 0.928. The van der Waals surface area contributed by atoms with Crippen LogP contribution in [0.2, 0.25) is 0 Å². The molecule has 0 bridgehead atoms. The fourth-order valence-electron chi connectivity index (χ4n) is 4.27. The molecule has 1 atom stereocenters. The Labute approximate surface area is 220 Å². The number of benzene rings is 2. The maximum absolute atomic E-state index is 13.7. The van der Waals surface area contributed by atoms with Crippen molar-refractivity contribution in [3.05, 3.63) is 101 Å². The molecule has 10 heteroatoms. The van der Waals surface area contributed by atoms with Gasteiger partial charge < -0.3 is 9.84 Å². The SMILES string of the molecule is CCCCc1nc(=O)c(S(=O)(=O)c2ccc(-c3ccc(F)nc3)cc2)c(O)n1C(COC)c1ccccc1. The number of aromatic hydroxyl groups is 1. The number of sulfone groups is 1. The van der Waals surface area contributed by atoms with E-state index in [1.54, 1.807) is 0 Å². The van der Waals surface area contributed by atoms with Crippen LogP contribution in [0.5, 0.6) is 5.88 Å². The molecule has 0 fully saturated rings. The standard InChI is InChI=1S/C28H28FN3O5S/c1-3-4-10-25-31-27(33)26(28(34)32(25)23(18-37-2)20-8-6-5-7-9-20)38(35,36)22-14-11-19(12-15-22)21-13-16-24(29)30-17-21/h5-9,11-17,23,34H,3-4,10,18H2,1-2H3. The Morgan fingerprint density at radius 2 is 1.71 bits per heavy atom. The summed E-state index contributed by atoms with van der Waals surface area (Å²) in [6.45, 7) is 2.10. The molecule has 0 saturated heterocycles. The van der Waals surface area contributed by atoms with Crippen molar-refractivity contribution in [1.82, 2.24) is 14.5 Å². The maximum Gasteiger partial charge on any atom is 0.296 e. The number of ether oxygens (including phenoxy) is 1. The lowest BCUT2D eigenvalue weighted by Crippen LogP contribution is -2.29. The van der Waals surface area contributed by atoms with Gasteiger partial charge in [-0.15, -0.1) is 0 Å². The van der Waals surface area contributed by atoms with Crippen molar-refractivity contribution in [3.63, 3.8) is 0 Å². The number of hydrogen-bond donors (Lipinski definition) is 1. The second-order valence-corrected chi connectivity index (χ2v) is 10.6. The van der Waals surface area contributed by atoms with Crippen molar-refractivity contribution in [2.75, 3.05) is 13.7 Å². The van der Waals surface area contributed by atoms with Crippen LogP contribution in [0.3, 0.4) is 0 Å². The second kappa shape index (κ2) is 11.7. The molecule has 2 aromatic heterocycles. The van der Waals surface area contributed by atoms with Crippen LogP contribution in [0.15, 0.2) is 87.5 Å². The monoisotopic (exact) mass is 537 g/mol. The summed E-state index contributed by atoms with van der Waals surface area (Å²) in [5, 5.41) is 11.4. The Balaban J connectivity index is 1.85. The van der Waals surface area contributed by atoms with E-state index in [4.69, 9.17) is 4.74 Å². The van der Waals surface area contributed by atoms with Gasteiger partial charge in [-0.3, -0.25) is 9.36 Å². The molecule has 0 aliphatic heterocycles. The van der Waals surface area contributed by atoms with Gasteiger partial charge >= 0.3 is 0 Å². The molecule has 0 radical (unpaired) electrons. The molecule has 4 rings (SSSR count). The Kier molecular flexibility index (Phi) is 8.33. The number of rotatable bonds is 10. The van der Waals surface area contributed by atoms with E-state index >= 15 is 0 Å². The molecule has 0 aliphatic carbocycles. The van der Waals surface area contributed by atoms with Crippen molar-refractivity contribution >= 4 is 9.84 Å². The number of aromatic nitrogens is 3. The fraction of sp³-hybridized carbons (Fsp3) is 0.250. The zero-order chi connectivity index (χ0) is 27.3. The van der Waals surface area contributed by atoms with Crippen molar-refractivity contribution < 1.29 is 22.7 Å². The summed E-state index contributed by atoms with van der Waals surface area (Å²) < 4.78 is 47.3. The van der Waals surface area contributed by atoms with E-state index in [1.165, 1.54) is 54.3 Å². The number of unbranched alkanes of at least 4 members (excludes halogenated alkanes) is 1. The Hall–Kier alpha value is -3.89. The van der Waals surface area contributed by atoms with Crippen LogP contribution in [0.4, 0.5) is 4.39 Å². The van der Waals surface area contributed by atoms with Crippen molar-refractivity contribution in [3.8, 4) is 17.0 Å². The van der Waals surface area contributed by atoms with Crippen LogP contribution in [0.25, 0.3) is 11.1 Å². The van der Waals surface area contributed by atoms with Gasteiger partial charge in [-0.2, -0.15) is 9.37 Å². The van der Waals surface area contributed by atoms with Crippen LogP contribution >= 0.6 is 0 Å². The van der Waals surface area contributed by atoms with E-state index in [0.717, 1.165) is 12.0 Å². The molecule has 0 amide bonds. The topological polar surface area (TPSA) is 111 Å². The molecule has 198 valence electrons. The van der Waals surface area contributed by atoms with Gasteiger partial charge in [0.15, 0.2) is 4.90 Å². The lowest BCUT2D eigenvalue weighted by atomic mass is 10.1. The van der Waals surface area contributed by atoms with Gasteiger partial charge in [-0.1, -0.05) is 55.8 Å². The highest BCUT2D eigenvalue weighted by Crippen LogP contribution is 2.32. The first-order valence-electron chi connectivity index (χ1n) is 12.1. The summed E-state index contributed by atoms with van der Waals surface area (Å²) in [6.07, 6.45) is 3.20.